The molecule has 33 heavy (non-hydrogen) atoms. The van der Waals surface area contributed by atoms with E-state index < -0.39 is 15.9 Å². The van der Waals surface area contributed by atoms with Gasteiger partial charge in [-0.05, 0) is 43.2 Å². The van der Waals surface area contributed by atoms with Gasteiger partial charge in [0.1, 0.15) is 11.5 Å². The van der Waals surface area contributed by atoms with E-state index in [4.69, 9.17) is 4.74 Å². The van der Waals surface area contributed by atoms with Gasteiger partial charge in [-0.2, -0.15) is 9.41 Å². The van der Waals surface area contributed by atoms with Crippen molar-refractivity contribution in [2.45, 2.75) is 37.0 Å². The molecular weight excluding hydrogens is 444 g/mol. The van der Waals surface area contributed by atoms with Crippen molar-refractivity contribution in [3.05, 3.63) is 48.5 Å². The summed E-state index contributed by atoms with van der Waals surface area (Å²) in [6, 6.07) is 13.3. The van der Waals surface area contributed by atoms with Crippen LogP contribution in [0.15, 0.2) is 58.5 Å². The number of rotatable bonds is 6. The van der Waals surface area contributed by atoms with Gasteiger partial charge < -0.3 is 10.1 Å². The number of carbonyl (C=O) groups is 2. The van der Waals surface area contributed by atoms with Crippen LogP contribution >= 0.6 is 0 Å². The van der Waals surface area contributed by atoms with Crippen LogP contribution in [0, 0.1) is 0 Å². The Balaban J connectivity index is 1.59. The van der Waals surface area contributed by atoms with Gasteiger partial charge in [-0.1, -0.05) is 24.6 Å². The third-order valence-corrected chi connectivity index (χ3v) is 7.56. The van der Waals surface area contributed by atoms with E-state index in [1.165, 1.54) is 34.6 Å². The molecule has 174 valence electrons. The molecule has 4 rings (SSSR count). The molecule has 1 fully saturated rings. The monoisotopic (exact) mass is 470 g/mol. The summed E-state index contributed by atoms with van der Waals surface area (Å²) in [7, 11) is -2.24. The molecule has 1 saturated heterocycles. The topological polar surface area (TPSA) is 108 Å². The van der Waals surface area contributed by atoms with Gasteiger partial charge in [0.15, 0.2) is 0 Å². The lowest BCUT2D eigenvalue weighted by Crippen LogP contribution is -2.36. The number of nitrogens with zero attached hydrogens (tertiary/aromatic N) is 3. The van der Waals surface area contributed by atoms with Crippen LogP contribution in [0.2, 0.25) is 0 Å². The van der Waals surface area contributed by atoms with Crippen LogP contribution < -0.4 is 15.1 Å². The molecule has 0 bridgehead atoms. The van der Waals surface area contributed by atoms with E-state index in [1.807, 2.05) is 6.07 Å². The minimum absolute atomic E-state index is 0.0900. The molecular formula is C23H26N4O5S. The third kappa shape index (κ3) is 4.91. The van der Waals surface area contributed by atoms with E-state index in [1.54, 1.807) is 24.3 Å². The van der Waals surface area contributed by atoms with Gasteiger partial charge >= 0.3 is 0 Å². The highest BCUT2D eigenvalue weighted by Gasteiger charge is 2.29. The van der Waals surface area contributed by atoms with Crippen molar-refractivity contribution in [2.75, 3.05) is 30.5 Å². The van der Waals surface area contributed by atoms with E-state index >= 15 is 0 Å². The van der Waals surface area contributed by atoms with Crippen LogP contribution in [0.25, 0.3) is 0 Å². The maximum Gasteiger partial charge on any atom is 0.271 e. The van der Waals surface area contributed by atoms with Crippen molar-refractivity contribution in [2.24, 2.45) is 5.10 Å². The van der Waals surface area contributed by atoms with Gasteiger partial charge in [-0.25, -0.2) is 13.4 Å². The number of hydrazone groups is 1. The number of para-hydroxylation sites is 1. The lowest BCUT2D eigenvalue weighted by molar-refractivity contribution is -0.118. The van der Waals surface area contributed by atoms with Crippen molar-refractivity contribution in [1.29, 1.82) is 0 Å². The molecule has 9 nitrogen and oxygen atoms in total. The zero-order valence-electron chi connectivity index (χ0n) is 18.4. The number of benzene rings is 2. The fraction of sp³-hybridized carbons (Fsp3) is 0.348. The number of nitrogens with one attached hydrogen (secondary N) is 1. The maximum atomic E-state index is 13.1. The molecule has 0 atom stereocenters. The van der Waals surface area contributed by atoms with Crippen LogP contribution in [-0.2, 0) is 19.6 Å². The number of sulfonamides is 1. The predicted molar refractivity (Wildman–Crippen MR) is 125 cm³/mol. The van der Waals surface area contributed by atoms with Crippen LogP contribution in [0.3, 0.4) is 0 Å². The third-order valence-electron chi connectivity index (χ3n) is 5.67. The smallest absolute Gasteiger partial charge is 0.271 e. The number of piperidine rings is 1. The first-order valence-corrected chi connectivity index (χ1v) is 12.3. The lowest BCUT2D eigenvalue weighted by Gasteiger charge is -2.26. The lowest BCUT2D eigenvalue weighted by atomic mass is 10.1. The summed E-state index contributed by atoms with van der Waals surface area (Å²) in [4.78, 5) is 25.4. The standard InChI is InChI=1S/C23H26N4O5S/c1-32-21-12-10-18(33(30,31)26-14-6-3-7-15-26)16-20(21)24-23(29)19-11-13-22(28)27(25-19)17-8-4-2-5-9-17/h2,4-5,8-10,12,16H,3,6-7,11,13-15H2,1H3,(H,24,29). The molecule has 0 aliphatic carbocycles. The van der Waals surface area contributed by atoms with Gasteiger partial charge in [0.2, 0.25) is 15.9 Å². The number of hydrogen-bond donors (Lipinski definition) is 1. The quantitative estimate of drug-likeness (QED) is 0.698. The molecule has 10 heteroatoms. The molecule has 2 aromatic carbocycles. The zero-order valence-corrected chi connectivity index (χ0v) is 19.2. The molecule has 0 radical (unpaired) electrons. The molecule has 0 saturated carbocycles. The Morgan fingerprint density at radius 2 is 1.76 bits per heavy atom. The molecule has 2 aromatic rings. The van der Waals surface area contributed by atoms with Gasteiger partial charge in [-0.3, -0.25) is 9.59 Å². The van der Waals surface area contributed by atoms with Crippen LogP contribution in [0.4, 0.5) is 11.4 Å². The van der Waals surface area contributed by atoms with E-state index in [9.17, 15) is 18.0 Å². The highest BCUT2D eigenvalue weighted by Crippen LogP contribution is 2.30. The minimum atomic E-state index is -3.68. The van der Waals surface area contributed by atoms with Gasteiger partial charge in [0.05, 0.1) is 23.4 Å². The Hall–Kier alpha value is -3.24. The number of anilines is 2. The number of amides is 2. The summed E-state index contributed by atoms with van der Waals surface area (Å²) < 4.78 is 32.9. The average molecular weight is 471 g/mol. The van der Waals surface area contributed by atoms with Crippen molar-refractivity contribution in [3.63, 3.8) is 0 Å². The van der Waals surface area contributed by atoms with E-state index in [0.717, 1.165) is 19.3 Å². The molecule has 2 aliphatic heterocycles. The fourth-order valence-electron chi connectivity index (χ4n) is 3.88. The van der Waals surface area contributed by atoms with Crippen LogP contribution in [0.5, 0.6) is 5.75 Å². The fourth-order valence-corrected chi connectivity index (χ4v) is 5.43. The number of hydrogen-bond acceptors (Lipinski definition) is 6. The van der Waals surface area contributed by atoms with Crippen molar-refractivity contribution in [1.82, 2.24) is 4.31 Å². The summed E-state index contributed by atoms with van der Waals surface area (Å²) in [6.45, 7) is 0.965. The maximum absolute atomic E-state index is 13.1. The molecule has 0 spiro atoms. The second-order valence-corrected chi connectivity index (χ2v) is 9.81. The van der Waals surface area contributed by atoms with Gasteiger partial charge in [0, 0.05) is 25.9 Å². The van der Waals surface area contributed by atoms with E-state index in [2.05, 4.69) is 10.4 Å². The molecule has 0 aromatic heterocycles. The van der Waals surface area contributed by atoms with Crippen molar-refractivity contribution < 1.29 is 22.7 Å². The largest absolute Gasteiger partial charge is 0.495 e. The first-order chi connectivity index (χ1) is 15.9. The predicted octanol–water partition coefficient (Wildman–Crippen LogP) is 2.99. The first-order valence-electron chi connectivity index (χ1n) is 10.8. The van der Waals surface area contributed by atoms with Crippen LogP contribution in [-0.4, -0.2) is 50.4 Å². The first kappa shape index (κ1) is 22.9. The van der Waals surface area contributed by atoms with Crippen LogP contribution in [0.1, 0.15) is 32.1 Å². The zero-order chi connectivity index (χ0) is 23.4. The van der Waals surface area contributed by atoms with Crippen molar-refractivity contribution in [3.8, 4) is 5.75 Å². The van der Waals surface area contributed by atoms with E-state index in [-0.39, 0.29) is 35.0 Å². The molecule has 0 unspecified atom stereocenters. The molecule has 2 amide bonds. The van der Waals surface area contributed by atoms with Gasteiger partial charge in [0.25, 0.3) is 5.91 Å². The second kappa shape index (κ2) is 9.72. The summed E-state index contributed by atoms with van der Waals surface area (Å²) in [6.07, 6.45) is 3.00. The Morgan fingerprint density at radius 1 is 1.03 bits per heavy atom. The number of ether oxygens (including phenoxy) is 1. The average Bonchev–Trinajstić information content (AvgIpc) is 2.85. The Kier molecular flexibility index (Phi) is 6.75. The molecule has 2 aliphatic rings. The Bertz CT molecular complexity index is 1170. The second-order valence-electron chi connectivity index (χ2n) is 7.87. The molecule has 2 heterocycles. The SMILES string of the molecule is COc1ccc(S(=O)(=O)N2CCCCC2)cc1NC(=O)C1=NN(c2ccccc2)C(=O)CC1. The summed E-state index contributed by atoms with van der Waals surface area (Å²) in [5.41, 5.74) is 0.968. The van der Waals surface area contributed by atoms with Gasteiger partial charge in [-0.15, -0.1) is 0 Å². The summed E-state index contributed by atoms with van der Waals surface area (Å²) in [5.74, 6) is -0.396. The highest BCUT2D eigenvalue weighted by molar-refractivity contribution is 7.89. The van der Waals surface area contributed by atoms with E-state index in [0.29, 0.717) is 24.5 Å². The Morgan fingerprint density at radius 3 is 2.45 bits per heavy atom. The number of carbonyl (C=O) groups excluding carboxylic acids is 2. The Labute approximate surface area is 193 Å². The highest BCUT2D eigenvalue weighted by atomic mass is 32.2. The molecule has 1 N–H and O–H groups in total. The van der Waals surface area contributed by atoms with Crippen molar-refractivity contribution >= 4 is 38.9 Å². The normalized spacial score (nSPS) is 17.4. The number of methoxy groups -OCH3 is 1. The summed E-state index contributed by atoms with van der Waals surface area (Å²) in [5, 5.41) is 8.18. The minimum Gasteiger partial charge on any atom is -0.495 e. The summed E-state index contributed by atoms with van der Waals surface area (Å²) >= 11 is 0.